The lowest BCUT2D eigenvalue weighted by Gasteiger charge is -2.29. The standard InChI is InChI=1S/C21H34N4O/c1-3-22-21(23-10-8-19-6-4-18(2)5-7-19)25-11-9-20(17-25)16-24-12-14-26-15-13-24/h4-7,20H,3,8-17H2,1-2H3,(H,22,23). The van der Waals surface area contributed by atoms with Gasteiger partial charge in [-0.1, -0.05) is 29.8 Å². The molecule has 0 saturated carbocycles. The summed E-state index contributed by atoms with van der Waals surface area (Å²) in [6, 6.07) is 8.79. The Morgan fingerprint density at radius 1 is 1.19 bits per heavy atom. The summed E-state index contributed by atoms with van der Waals surface area (Å²) in [5.41, 5.74) is 2.68. The van der Waals surface area contributed by atoms with Crippen molar-refractivity contribution >= 4 is 5.96 Å². The van der Waals surface area contributed by atoms with E-state index in [1.165, 1.54) is 24.1 Å². The van der Waals surface area contributed by atoms with Gasteiger partial charge < -0.3 is 15.0 Å². The second-order valence-corrected chi connectivity index (χ2v) is 7.48. The summed E-state index contributed by atoms with van der Waals surface area (Å²) in [6.07, 6.45) is 2.26. The van der Waals surface area contributed by atoms with Crippen molar-refractivity contribution in [3.63, 3.8) is 0 Å². The molecule has 26 heavy (non-hydrogen) atoms. The van der Waals surface area contributed by atoms with Gasteiger partial charge >= 0.3 is 0 Å². The quantitative estimate of drug-likeness (QED) is 0.625. The maximum atomic E-state index is 5.46. The minimum Gasteiger partial charge on any atom is -0.379 e. The van der Waals surface area contributed by atoms with Crippen LogP contribution in [0, 0.1) is 12.8 Å². The summed E-state index contributed by atoms with van der Waals surface area (Å²) in [6.45, 7) is 13.4. The van der Waals surface area contributed by atoms with E-state index in [9.17, 15) is 0 Å². The molecule has 2 aliphatic heterocycles. The number of guanidine groups is 1. The number of ether oxygens (including phenoxy) is 1. The van der Waals surface area contributed by atoms with Crippen LogP contribution in [0.5, 0.6) is 0 Å². The first kappa shape index (κ1) is 19.2. The third kappa shape index (κ3) is 5.71. The molecule has 2 aliphatic rings. The van der Waals surface area contributed by atoms with E-state index < -0.39 is 0 Å². The Hall–Kier alpha value is -1.59. The molecule has 5 heteroatoms. The molecule has 0 bridgehead atoms. The molecule has 0 spiro atoms. The third-order valence-electron chi connectivity index (χ3n) is 5.32. The molecule has 1 aromatic carbocycles. The van der Waals surface area contributed by atoms with Crippen molar-refractivity contribution in [3.05, 3.63) is 35.4 Å². The summed E-state index contributed by atoms with van der Waals surface area (Å²) in [7, 11) is 0. The summed E-state index contributed by atoms with van der Waals surface area (Å²) >= 11 is 0. The molecule has 2 saturated heterocycles. The number of aryl methyl sites for hydroxylation is 1. The molecule has 1 aromatic rings. The first-order chi connectivity index (χ1) is 12.7. The van der Waals surface area contributed by atoms with Crippen molar-refractivity contribution < 1.29 is 4.74 Å². The lowest BCUT2D eigenvalue weighted by molar-refractivity contribution is 0.0315. The molecule has 2 fully saturated rings. The molecule has 5 nitrogen and oxygen atoms in total. The summed E-state index contributed by atoms with van der Waals surface area (Å²) in [4.78, 5) is 9.90. The zero-order valence-corrected chi connectivity index (χ0v) is 16.4. The predicted octanol–water partition coefficient (Wildman–Crippen LogP) is 2.16. The summed E-state index contributed by atoms with van der Waals surface area (Å²) in [5, 5.41) is 3.49. The number of benzene rings is 1. The van der Waals surface area contributed by atoms with Gasteiger partial charge in [0.15, 0.2) is 5.96 Å². The van der Waals surface area contributed by atoms with Crippen molar-refractivity contribution in [2.24, 2.45) is 10.9 Å². The molecule has 0 amide bonds. The van der Waals surface area contributed by atoms with E-state index in [-0.39, 0.29) is 0 Å². The van der Waals surface area contributed by atoms with E-state index in [2.05, 4.69) is 53.2 Å². The van der Waals surface area contributed by atoms with Gasteiger partial charge in [0.2, 0.25) is 0 Å². The van der Waals surface area contributed by atoms with E-state index in [0.29, 0.717) is 0 Å². The highest BCUT2D eigenvalue weighted by molar-refractivity contribution is 5.80. The van der Waals surface area contributed by atoms with E-state index >= 15 is 0 Å². The Kier molecular flexibility index (Phi) is 7.32. The topological polar surface area (TPSA) is 40.1 Å². The highest BCUT2D eigenvalue weighted by Gasteiger charge is 2.26. The monoisotopic (exact) mass is 358 g/mol. The van der Waals surface area contributed by atoms with Crippen LogP contribution in [0.3, 0.4) is 0 Å². The third-order valence-corrected chi connectivity index (χ3v) is 5.32. The molecule has 2 heterocycles. The summed E-state index contributed by atoms with van der Waals surface area (Å²) < 4.78 is 5.46. The number of hydrogen-bond donors (Lipinski definition) is 1. The number of hydrogen-bond acceptors (Lipinski definition) is 3. The fourth-order valence-corrected chi connectivity index (χ4v) is 3.79. The maximum Gasteiger partial charge on any atom is 0.193 e. The maximum absolute atomic E-state index is 5.46. The highest BCUT2D eigenvalue weighted by Crippen LogP contribution is 2.18. The Bertz CT molecular complexity index is 566. The normalized spacial score (nSPS) is 22.0. The number of morpholine rings is 1. The predicted molar refractivity (Wildman–Crippen MR) is 108 cm³/mol. The minimum atomic E-state index is 0.744. The molecule has 3 rings (SSSR count). The average molecular weight is 359 g/mol. The zero-order chi connectivity index (χ0) is 18.2. The largest absolute Gasteiger partial charge is 0.379 e. The van der Waals surface area contributed by atoms with Gasteiger partial charge in [0.25, 0.3) is 0 Å². The number of rotatable bonds is 6. The Balaban J connectivity index is 1.49. The molecule has 144 valence electrons. The van der Waals surface area contributed by atoms with E-state index in [4.69, 9.17) is 9.73 Å². The van der Waals surface area contributed by atoms with Crippen LogP contribution in [0.1, 0.15) is 24.5 Å². The van der Waals surface area contributed by atoms with Gasteiger partial charge in [-0.3, -0.25) is 9.89 Å². The van der Waals surface area contributed by atoms with Crippen molar-refractivity contribution in [2.75, 3.05) is 59.0 Å². The molecule has 1 N–H and O–H groups in total. The van der Waals surface area contributed by atoms with Gasteiger partial charge in [0.05, 0.1) is 13.2 Å². The number of nitrogens with zero attached hydrogens (tertiary/aromatic N) is 3. The van der Waals surface area contributed by atoms with Crippen molar-refractivity contribution in [1.29, 1.82) is 0 Å². The lowest BCUT2D eigenvalue weighted by Crippen LogP contribution is -2.42. The van der Waals surface area contributed by atoms with Crippen LogP contribution >= 0.6 is 0 Å². The van der Waals surface area contributed by atoms with Crippen LogP contribution in [-0.2, 0) is 11.2 Å². The molecular formula is C21H34N4O. The fraction of sp³-hybridized carbons (Fsp3) is 0.667. The van der Waals surface area contributed by atoms with E-state index in [0.717, 1.165) is 70.8 Å². The van der Waals surface area contributed by atoms with Gasteiger partial charge in [-0.15, -0.1) is 0 Å². The van der Waals surface area contributed by atoms with E-state index in [1.54, 1.807) is 0 Å². The first-order valence-electron chi connectivity index (χ1n) is 10.1. The van der Waals surface area contributed by atoms with Crippen molar-refractivity contribution in [1.82, 2.24) is 15.1 Å². The van der Waals surface area contributed by atoms with Crippen molar-refractivity contribution in [2.45, 2.75) is 26.7 Å². The second kappa shape index (κ2) is 9.93. The lowest BCUT2D eigenvalue weighted by atomic mass is 10.1. The molecule has 1 unspecified atom stereocenters. The van der Waals surface area contributed by atoms with Gasteiger partial charge in [0, 0.05) is 45.8 Å². The van der Waals surface area contributed by atoms with Crippen LogP contribution in [0.25, 0.3) is 0 Å². The Morgan fingerprint density at radius 3 is 2.69 bits per heavy atom. The smallest absolute Gasteiger partial charge is 0.193 e. The Morgan fingerprint density at radius 2 is 1.96 bits per heavy atom. The molecular weight excluding hydrogens is 324 g/mol. The first-order valence-corrected chi connectivity index (χ1v) is 10.1. The SMILES string of the molecule is CCNC(=NCCc1ccc(C)cc1)N1CCC(CN2CCOCC2)C1. The number of nitrogens with one attached hydrogen (secondary N) is 1. The van der Waals surface area contributed by atoms with Gasteiger partial charge in [-0.25, -0.2) is 0 Å². The Labute approximate surface area is 158 Å². The number of aliphatic imine (C=N–C) groups is 1. The fourth-order valence-electron chi connectivity index (χ4n) is 3.79. The average Bonchev–Trinajstić information content (AvgIpc) is 3.12. The van der Waals surface area contributed by atoms with Crippen molar-refractivity contribution in [3.8, 4) is 0 Å². The molecule has 0 radical (unpaired) electrons. The van der Waals surface area contributed by atoms with Crippen LogP contribution in [0.4, 0.5) is 0 Å². The minimum absolute atomic E-state index is 0.744. The second-order valence-electron chi connectivity index (χ2n) is 7.48. The van der Waals surface area contributed by atoms with Crippen LogP contribution in [0.2, 0.25) is 0 Å². The van der Waals surface area contributed by atoms with E-state index in [1.807, 2.05) is 0 Å². The molecule has 0 aliphatic carbocycles. The molecule has 1 atom stereocenters. The van der Waals surface area contributed by atoms with Crippen LogP contribution in [0.15, 0.2) is 29.3 Å². The van der Waals surface area contributed by atoms with Gasteiger partial charge in [-0.2, -0.15) is 0 Å². The zero-order valence-electron chi connectivity index (χ0n) is 16.4. The van der Waals surface area contributed by atoms with Crippen LogP contribution in [-0.4, -0.2) is 74.8 Å². The van der Waals surface area contributed by atoms with Crippen LogP contribution < -0.4 is 5.32 Å². The van der Waals surface area contributed by atoms with Gasteiger partial charge in [0.1, 0.15) is 0 Å². The number of likely N-dealkylation sites (tertiary alicyclic amines) is 1. The molecule has 0 aromatic heterocycles. The highest BCUT2D eigenvalue weighted by atomic mass is 16.5. The summed E-state index contributed by atoms with van der Waals surface area (Å²) in [5.74, 6) is 1.83. The van der Waals surface area contributed by atoms with Gasteiger partial charge in [-0.05, 0) is 38.2 Å².